The van der Waals surface area contributed by atoms with Crippen LogP contribution in [0.3, 0.4) is 0 Å². The first kappa shape index (κ1) is 95.6. The third kappa shape index (κ3) is 17.5. The zero-order valence-electron chi connectivity index (χ0n) is 77.4. The molecular weight excluding hydrogens is 1640 g/mol. The smallest absolute Gasteiger partial charge is 0.312 e. The van der Waals surface area contributed by atoms with Crippen molar-refractivity contribution in [1.82, 2.24) is 0 Å². The number of hydrogen-bond donors (Lipinski definition) is 0. The highest BCUT2D eigenvalue weighted by Gasteiger charge is 2.74. The van der Waals surface area contributed by atoms with Crippen molar-refractivity contribution in [2.75, 3.05) is 26.9 Å². The van der Waals surface area contributed by atoms with Crippen molar-refractivity contribution in [3.05, 3.63) is 0 Å². The van der Waals surface area contributed by atoms with Gasteiger partial charge in [-0.15, -0.1) is 0 Å². The Morgan fingerprint density at radius 3 is 1.20 bits per heavy atom. The van der Waals surface area contributed by atoms with E-state index in [1.807, 2.05) is 111 Å². The molecule has 0 aromatic heterocycles. The van der Waals surface area contributed by atoms with Crippen LogP contribution in [0.1, 0.15) is 254 Å². The van der Waals surface area contributed by atoms with Gasteiger partial charge in [0.15, 0.2) is 12.2 Å². The van der Waals surface area contributed by atoms with E-state index in [0.717, 1.165) is 57.8 Å². The van der Waals surface area contributed by atoms with Gasteiger partial charge in [0, 0.05) is 40.9 Å². The van der Waals surface area contributed by atoms with Crippen LogP contribution in [0.5, 0.6) is 0 Å². The Bertz CT molecular complexity index is 4230. The predicted molar refractivity (Wildman–Crippen MR) is 439 cm³/mol. The standard InChI is InChI=1S/C19H28O6.C17H24O6.C16H22O6.2C15H22O4.C13H18O5/c1-7-19(5,6)17(22)24-14-10-8-9-11(15(20)23-13(9)14)12(10)16(21)25-18(2,3)4;1-5-17(3,4)16(20)23-13-8-7-9-11(15(19)22-12(9)13)10(8)14(18)21-6-2;1-5-16(2,3)15(19)22-12-7-6-8-10(9(7)13(17)20-4)14(18)21-11(8)12;1-3-9(2)14(17)19-12-5-11-4-10(12)6-15(11)7-13(16)18-8-15;1-3-9(2)13(16)19-12-7-11-6-10(12)8-15(11)4-5-18-14(15)17;1-4-13(2,3)12(15)18-9-7-5-6-8(16-7)10(9)17-11(6)14/h9-14H,7-8H2,1-6H3;8-13H,5-7H2,1-4H3;7-12H,5-6H2,1-4H3;2*9-12H,3-8H2,1-2H3;6-10H,4-5H2,1-3H3. The van der Waals surface area contributed by atoms with Gasteiger partial charge in [-0.2, -0.15) is 0 Å². The van der Waals surface area contributed by atoms with E-state index in [-0.39, 0.29) is 173 Å². The molecule has 33 atom stereocenters. The predicted octanol–water partition coefficient (Wildman–Crippen LogP) is 11.2. The van der Waals surface area contributed by atoms with Gasteiger partial charge in [-0.05, 0) is 216 Å². The Morgan fingerprint density at radius 1 is 0.437 bits per heavy atom. The second kappa shape index (κ2) is 36.0. The topological polar surface area (TPSA) is 404 Å². The molecule has 31 nitrogen and oxygen atoms in total. The largest absolute Gasteiger partial charge is 0.469 e. The van der Waals surface area contributed by atoms with Gasteiger partial charge >= 0.3 is 89.5 Å². The summed E-state index contributed by atoms with van der Waals surface area (Å²) in [6.07, 6.45) is 10.2. The summed E-state index contributed by atoms with van der Waals surface area (Å²) in [4.78, 5) is 181. The van der Waals surface area contributed by atoms with Gasteiger partial charge in [-0.1, -0.05) is 55.4 Å². The van der Waals surface area contributed by atoms with Crippen LogP contribution in [0, 0.1) is 145 Å². The van der Waals surface area contributed by atoms with E-state index in [1.165, 1.54) is 7.11 Å². The number of carbonyl (C=O) groups is 15. The van der Waals surface area contributed by atoms with Gasteiger partial charge in [0.1, 0.15) is 60.5 Å². The van der Waals surface area contributed by atoms with Crippen molar-refractivity contribution >= 4 is 89.5 Å². The number of methoxy groups -OCH3 is 1. The summed E-state index contributed by atoms with van der Waals surface area (Å²) >= 11 is 0. The van der Waals surface area contributed by atoms with Crippen molar-refractivity contribution in [3.8, 4) is 0 Å². The molecule has 0 aromatic carbocycles. The number of rotatable bonds is 22. The van der Waals surface area contributed by atoms with Crippen LogP contribution in [0.25, 0.3) is 0 Å². The van der Waals surface area contributed by atoms with E-state index >= 15 is 0 Å². The number of hydrogen-bond acceptors (Lipinski definition) is 31. The summed E-state index contributed by atoms with van der Waals surface area (Å²) in [6.45, 7) is 38.8. The molecule has 8 saturated heterocycles. The molecule has 2 spiro atoms. The summed E-state index contributed by atoms with van der Waals surface area (Å²) in [7, 11) is 1.31. The van der Waals surface area contributed by atoms with Crippen molar-refractivity contribution in [3.63, 3.8) is 0 Å². The van der Waals surface area contributed by atoms with Crippen LogP contribution < -0.4 is 0 Å². The highest BCUT2D eigenvalue weighted by atomic mass is 16.7. The van der Waals surface area contributed by atoms with Crippen LogP contribution in [-0.4, -0.2) is 195 Å². The van der Waals surface area contributed by atoms with E-state index in [0.29, 0.717) is 94.7 Å². The van der Waals surface area contributed by atoms with E-state index < -0.39 is 124 Å². The highest BCUT2D eigenvalue weighted by molar-refractivity contribution is 5.89. The third-order valence-corrected chi connectivity index (χ3v) is 32.8. The minimum absolute atomic E-state index is 0.00768. The lowest BCUT2D eigenvalue weighted by Crippen LogP contribution is -2.46. The molecule has 8 aliphatic heterocycles. The molecule has 31 heteroatoms. The molecular formula is C95H136O31. The van der Waals surface area contributed by atoms with Gasteiger partial charge in [0.05, 0.1) is 120 Å². The zero-order valence-corrected chi connectivity index (χ0v) is 77.4. The van der Waals surface area contributed by atoms with Crippen LogP contribution in [0.15, 0.2) is 0 Å². The van der Waals surface area contributed by atoms with Crippen molar-refractivity contribution in [2.24, 2.45) is 145 Å². The van der Waals surface area contributed by atoms with Crippen molar-refractivity contribution < 1.29 is 148 Å². The van der Waals surface area contributed by atoms with E-state index in [9.17, 15) is 71.9 Å². The lowest BCUT2D eigenvalue weighted by atomic mass is 9.71. The number of esters is 15. The lowest BCUT2D eigenvalue weighted by molar-refractivity contribution is -0.176. The minimum Gasteiger partial charge on any atom is -0.469 e. The Labute approximate surface area is 738 Å². The second-order valence-corrected chi connectivity index (χ2v) is 42.7. The highest BCUT2D eigenvalue weighted by Crippen LogP contribution is 2.65. The Kier molecular flexibility index (Phi) is 27.3. The Hall–Kier alpha value is -7.99. The monoisotopic (exact) mass is 1770 g/mol. The number of cyclic esters (lactones) is 2. The van der Waals surface area contributed by atoms with Gasteiger partial charge in [-0.25, -0.2) is 0 Å². The van der Waals surface area contributed by atoms with Gasteiger partial charge in [0.2, 0.25) is 0 Å². The number of ether oxygens (including phenoxy) is 16. The molecule has 0 aromatic rings. The van der Waals surface area contributed by atoms with E-state index in [2.05, 4.69) is 0 Å². The summed E-state index contributed by atoms with van der Waals surface area (Å²) in [5.74, 6) is -6.07. The molecule has 702 valence electrons. The summed E-state index contributed by atoms with van der Waals surface area (Å²) < 4.78 is 87.1. The molecule has 12 bridgehead atoms. The fourth-order valence-electron chi connectivity index (χ4n) is 23.4. The van der Waals surface area contributed by atoms with Gasteiger partial charge < -0.3 is 75.8 Å². The molecule has 18 fully saturated rings. The maximum absolute atomic E-state index is 12.7. The molecule has 0 amide bonds. The Morgan fingerprint density at radius 2 is 0.841 bits per heavy atom. The quantitative estimate of drug-likeness (QED) is 0.0717. The van der Waals surface area contributed by atoms with Crippen LogP contribution >= 0.6 is 0 Å². The molecule has 126 heavy (non-hydrogen) atoms. The molecule has 10 saturated carbocycles. The molecule has 18 rings (SSSR count). The molecule has 0 N–H and O–H groups in total. The second-order valence-electron chi connectivity index (χ2n) is 42.7. The van der Waals surface area contributed by atoms with Crippen LogP contribution in [0.2, 0.25) is 0 Å². The maximum atomic E-state index is 12.7. The molecule has 18 aliphatic rings. The summed E-state index contributed by atoms with van der Waals surface area (Å²) in [6, 6.07) is 0. The minimum atomic E-state index is -0.628. The SMILES string of the molecule is CCC(C)(C)C(=O)OC1C2CC3C(=O)OC1C3O2.CCC(C)(C)C(=O)OC1C2CC3C1OC(=O)C3C2C(=O)OC.CCC(C)(C)C(=O)OC1C2CC3C1OC(=O)C3C2C(=O)OC(C)(C)C.CCC(C)C(=O)OC1CC2CC1CC21CCOC1=O.CCC(C)C(=O)OC1CC2CC1CC21COC(=O)C1.CCOC(=O)C1C2CC3C(OC(=O)C31)C2OC(=O)C(C)(C)CC. The van der Waals surface area contributed by atoms with E-state index in [1.54, 1.807) is 27.7 Å². The third-order valence-electron chi connectivity index (χ3n) is 32.8. The first-order valence-corrected chi connectivity index (χ1v) is 46.7. The van der Waals surface area contributed by atoms with Crippen molar-refractivity contribution in [2.45, 2.75) is 333 Å². The zero-order chi connectivity index (χ0) is 92.2. The average Bonchev–Trinajstić information content (AvgIpc) is 1.55. The molecule has 8 heterocycles. The summed E-state index contributed by atoms with van der Waals surface area (Å²) in [5.41, 5.74) is -3.09. The average molecular weight is 1770 g/mol. The number of carbonyl (C=O) groups excluding carboxylic acids is 15. The van der Waals surface area contributed by atoms with Gasteiger partial charge in [-0.3, -0.25) is 71.9 Å². The van der Waals surface area contributed by atoms with Crippen LogP contribution in [-0.2, 0) is 148 Å². The summed E-state index contributed by atoms with van der Waals surface area (Å²) in [5, 5.41) is 0. The first-order valence-electron chi connectivity index (χ1n) is 46.7. The molecule has 33 unspecified atom stereocenters. The van der Waals surface area contributed by atoms with Crippen LogP contribution in [0.4, 0.5) is 0 Å². The van der Waals surface area contributed by atoms with Crippen molar-refractivity contribution in [1.29, 1.82) is 0 Å². The maximum Gasteiger partial charge on any atom is 0.312 e. The fourth-order valence-corrected chi connectivity index (χ4v) is 23.4. The van der Waals surface area contributed by atoms with Gasteiger partial charge in [0.25, 0.3) is 0 Å². The molecule has 10 aliphatic carbocycles. The first-order chi connectivity index (χ1) is 59.1. The van der Waals surface area contributed by atoms with E-state index in [4.69, 9.17) is 75.8 Å². The lowest BCUT2D eigenvalue weighted by Gasteiger charge is -2.34. The molecule has 0 radical (unpaired) electrons. The normalized spacial score (nSPS) is 39.3. The fraction of sp³-hybridized carbons (Fsp3) is 0.842. The Balaban J connectivity index is 0.000000130. The number of fused-ring (bicyclic) bond motifs is 10.